The zero-order chi connectivity index (χ0) is 22.4. The fourth-order valence-electron chi connectivity index (χ4n) is 2.75. The average Bonchev–Trinajstić information content (AvgIpc) is 3.13. The van der Waals surface area contributed by atoms with Crippen molar-refractivity contribution < 1.29 is 36.7 Å². The Morgan fingerprint density at radius 1 is 1.27 bits per heavy atom. The third-order valence-corrected chi connectivity index (χ3v) is 4.71. The van der Waals surface area contributed by atoms with Crippen LogP contribution in [0.15, 0.2) is 10.6 Å². The number of carbonyl (C=O) groups excluding carboxylic acids is 1. The van der Waals surface area contributed by atoms with Crippen LogP contribution in [-0.2, 0) is 24.4 Å². The third kappa shape index (κ3) is 7.86. The topological polar surface area (TPSA) is 94.9 Å². The number of hydrogen-bond acceptors (Lipinski definition) is 7. The van der Waals surface area contributed by atoms with Crippen LogP contribution in [0.5, 0.6) is 0 Å². The van der Waals surface area contributed by atoms with E-state index in [9.17, 15) is 18.0 Å². The summed E-state index contributed by atoms with van der Waals surface area (Å²) in [6.07, 6.45) is -1.97. The number of amides is 1. The van der Waals surface area contributed by atoms with Crippen LogP contribution in [-0.4, -0.2) is 55.6 Å². The van der Waals surface area contributed by atoms with Gasteiger partial charge in [0.05, 0.1) is 24.4 Å². The summed E-state index contributed by atoms with van der Waals surface area (Å²) in [6, 6.07) is 1.60. The van der Waals surface area contributed by atoms with Gasteiger partial charge >= 0.3 is 6.36 Å². The number of ether oxygens (including phenoxy) is 3. The van der Waals surface area contributed by atoms with Gasteiger partial charge in [0.1, 0.15) is 0 Å². The molecule has 0 aromatic carbocycles. The van der Waals surface area contributed by atoms with Crippen molar-refractivity contribution in [2.24, 2.45) is 0 Å². The van der Waals surface area contributed by atoms with E-state index < -0.39 is 29.8 Å². The van der Waals surface area contributed by atoms with Gasteiger partial charge in [-0.25, -0.2) is 0 Å². The molecule has 0 bridgehead atoms. The number of anilines is 1. The van der Waals surface area contributed by atoms with Gasteiger partial charge in [-0.2, -0.15) is 0 Å². The number of nitrogens with zero attached hydrogens (tertiary/aromatic N) is 1. The molecule has 30 heavy (non-hydrogen) atoms. The Morgan fingerprint density at radius 2 is 2.00 bits per heavy atom. The standard InChI is InChI=1S/C19H30F3N3O5/c1-17(2,12-28-15-7-5-6-9-27-15)13-11-14(30-25-13)24-16(26)18(3,4)23-8-10-29-19(20,21)22/h11,15,23H,5-10,12H2,1-4H3,(H,24,26). The lowest BCUT2D eigenvalue weighted by Gasteiger charge is -2.28. The molecule has 1 amide bonds. The maximum atomic E-state index is 12.5. The lowest BCUT2D eigenvalue weighted by Crippen LogP contribution is -2.51. The van der Waals surface area contributed by atoms with Crippen molar-refractivity contribution in [2.75, 3.05) is 31.7 Å². The van der Waals surface area contributed by atoms with Gasteiger partial charge in [0.2, 0.25) is 11.8 Å². The first kappa shape index (κ1) is 24.6. The number of aromatic nitrogens is 1. The smallest absolute Gasteiger partial charge is 0.353 e. The van der Waals surface area contributed by atoms with Crippen LogP contribution in [0.1, 0.15) is 52.7 Å². The van der Waals surface area contributed by atoms with Crippen molar-refractivity contribution in [3.63, 3.8) is 0 Å². The fraction of sp³-hybridized carbons (Fsp3) is 0.789. The molecule has 1 aliphatic heterocycles. The molecule has 0 saturated carbocycles. The quantitative estimate of drug-likeness (QED) is 0.542. The molecule has 1 atom stereocenters. The Bertz CT molecular complexity index is 685. The van der Waals surface area contributed by atoms with E-state index in [-0.39, 0.29) is 18.7 Å². The minimum atomic E-state index is -4.70. The third-order valence-electron chi connectivity index (χ3n) is 4.71. The van der Waals surface area contributed by atoms with Crippen LogP contribution in [0.3, 0.4) is 0 Å². The summed E-state index contributed by atoms with van der Waals surface area (Å²) in [5.74, 6) is -0.347. The van der Waals surface area contributed by atoms with Crippen molar-refractivity contribution in [1.82, 2.24) is 10.5 Å². The molecule has 1 aromatic rings. The highest BCUT2D eigenvalue weighted by Crippen LogP contribution is 2.27. The van der Waals surface area contributed by atoms with Gasteiger partial charge in [-0.3, -0.25) is 14.8 Å². The van der Waals surface area contributed by atoms with Crippen molar-refractivity contribution >= 4 is 11.8 Å². The van der Waals surface area contributed by atoms with Crippen molar-refractivity contribution in [2.45, 2.75) is 70.6 Å². The first-order chi connectivity index (χ1) is 13.9. The summed E-state index contributed by atoms with van der Waals surface area (Å²) < 4.78 is 56.3. The summed E-state index contributed by atoms with van der Waals surface area (Å²) in [5.41, 5.74) is -1.03. The second-order valence-electron chi connectivity index (χ2n) is 8.37. The first-order valence-electron chi connectivity index (χ1n) is 9.87. The normalized spacial score (nSPS) is 18.4. The molecule has 2 heterocycles. The van der Waals surface area contributed by atoms with Crippen molar-refractivity contribution in [3.05, 3.63) is 11.8 Å². The van der Waals surface area contributed by atoms with Crippen molar-refractivity contribution in [3.8, 4) is 0 Å². The van der Waals surface area contributed by atoms with E-state index in [1.165, 1.54) is 13.8 Å². The zero-order valence-corrected chi connectivity index (χ0v) is 17.7. The van der Waals surface area contributed by atoms with E-state index >= 15 is 0 Å². The summed E-state index contributed by atoms with van der Waals surface area (Å²) in [7, 11) is 0. The van der Waals surface area contributed by atoms with Crippen LogP contribution < -0.4 is 10.6 Å². The number of rotatable bonds is 10. The van der Waals surface area contributed by atoms with E-state index in [1.54, 1.807) is 6.07 Å². The van der Waals surface area contributed by atoms with Crippen LogP contribution in [0.4, 0.5) is 19.1 Å². The highest BCUT2D eigenvalue weighted by Gasteiger charge is 2.32. The van der Waals surface area contributed by atoms with Crippen molar-refractivity contribution in [1.29, 1.82) is 0 Å². The molecule has 8 nitrogen and oxygen atoms in total. The minimum absolute atomic E-state index is 0.137. The monoisotopic (exact) mass is 437 g/mol. The van der Waals surface area contributed by atoms with E-state index in [4.69, 9.17) is 14.0 Å². The van der Waals surface area contributed by atoms with Gasteiger partial charge < -0.3 is 19.3 Å². The lowest BCUT2D eigenvalue weighted by atomic mass is 9.90. The van der Waals surface area contributed by atoms with Crippen LogP contribution >= 0.6 is 0 Å². The van der Waals surface area contributed by atoms with E-state index in [2.05, 4.69) is 20.5 Å². The summed E-state index contributed by atoms with van der Waals surface area (Å²) in [4.78, 5) is 12.5. The number of alkyl halides is 3. The highest BCUT2D eigenvalue weighted by atomic mass is 19.4. The molecule has 0 aliphatic carbocycles. The van der Waals surface area contributed by atoms with Crippen LogP contribution in [0.25, 0.3) is 0 Å². The number of carbonyl (C=O) groups is 1. The second-order valence-corrected chi connectivity index (χ2v) is 8.37. The predicted octanol–water partition coefficient (Wildman–Crippen LogP) is 3.34. The second kappa shape index (κ2) is 10.1. The molecule has 1 aromatic heterocycles. The summed E-state index contributed by atoms with van der Waals surface area (Å²) in [6.45, 7) is 7.24. The molecule has 2 rings (SSSR count). The Labute approximate surface area is 173 Å². The van der Waals surface area contributed by atoms with Crippen LogP contribution in [0, 0.1) is 0 Å². The van der Waals surface area contributed by atoms with Gasteiger partial charge in [-0.1, -0.05) is 19.0 Å². The highest BCUT2D eigenvalue weighted by molar-refractivity contribution is 5.96. The molecule has 1 unspecified atom stereocenters. The largest absolute Gasteiger partial charge is 0.522 e. The molecular weight excluding hydrogens is 407 g/mol. The number of halogens is 3. The van der Waals surface area contributed by atoms with Gasteiger partial charge in [-0.15, -0.1) is 13.2 Å². The fourth-order valence-corrected chi connectivity index (χ4v) is 2.75. The Balaban J connectivity index is 1.84. The van der Waals surface area contributed by atoms with Gasteiger partial charge in [0, 0.05) is 24.6 Å². The molecule has 0 spiro atoms. The zero-order valence-electron chi connectivity index (χ0n) is 17.7. The Kier molecular flexibility index (Phi) is 8.26. The number of hydrogen-bond donors (Lipinski definition) is 2. The average molecular weight is 437 g/mol. The summed E-state index contributed by atoms with van der Waals surface area (Å²) >= 11 is 0. The lowest BCUT2D eigenvalue weighted by molar-refractivity contribution is -0.323. The molecule has 0 radical (unpaired) electrons. The van der Waals surface area contributed by atoms with Gasteiger partial charge in [-0.05, 0) is 33.1 Å². The Morgan fingerprint density at radius 3 is 2.63 bits per heavy atom. The molecule has 11 heteroatoms. The first-order valence-corrected chi connectivity index (χ1v) is 9.87. The predicted molar refractivity (Wildman–Crippen MR) is 102 cm³/mol. The van der Waals surface area contributed by atoms with E-state index in [1.807, 2.05) is 13.8 Å². The van der Waals surface area contributed by atoms with Gasteiger partial charge in [0.15, 0.2) is 6.29 Å². The van der Waals surface area contributed by atoms with E-state index in [0.717, 1.165) is 19.3 Å². The maximum Gasteiger partial charge on any atom is 0.522 e. The molecule has 172 valence electrons. The Hall–Kier alpha value is -1.69. The van der Waals surface area contributed by atoms with Crippen LogP contribution in [0.2, 0.25) is 0 Å². The maximum absolute atomic E-state index is 12.5. The summed E-state index contributed by atoms with van der Waals surface area (Å²) in [5, 5.41) is 9.30. The molecule has 1 fully saturated rings. The SMILES string of the molecule is CC(C)(NCCOC(F)(F)F)C(=O)Nc1cc(C(C)(C)COC2CCCCO2)no1. The molecular formula is C19H30F3N3O5. The van der Waals surface area contributed by atoms with E-state index in [0.29, 0.717) is 18.9 Å². The number of nitrogens with one attached hydrogen (secondary N) is 2. The molecule has 2 N–H and O–H groups in total. The molecule has 1 aliphatic rings. The minimum Gasteiger partial charge on any atom is -0.353 e. The van der Waals surface area contributed by atoms with Gasteiger partial charge in [0.25, 0.3) is 0 Å². The molecule has 1 saturated heterocycles.